The topological polar surface area (TPSA) is 84.5 Å². The number of halogens is 1. The maximum absolute atomic E-state index is 13.0. The number of benzene rings is 3. The number of ether oxygens (including phenoxy) is 1. The van der Waals surface area contributed by atoms with Gasteiger partial charge in [-0.25, -0.2) is 12.8 Å². The van der Waals surface area contributed by atoms with Crippen molar-refractivity contribution in [2.75, 3.05) is 10.0 Å². The van der Waals surface area contributed by atoms with Gasteiger partial charge in [-0.05, 0) is 42.5 Å². The summed E-state index contributed by atoms with van der Waals surface area (Å²) in [6.45, 7) is 0. The van der Waals surface area contributed by atoms with E-state index in [1.54, 1.807) is 18.2 Å². The number of carbonyl (C=O) groups is 1. The smallest absolute Gasteiger partial charge is 0.270 e. The molecule has 1 unspecified atom stereocenters. The number of amides is 1. The molecule has 28 heavy (non-hydrogen) atoms. The molecule has 142 valence electrons. The Morgan fingerprint density at radius 3 is 2.39 bits per heavy atom. The second-order valence-electron chi connectivity index (χ2n) is 6.17. The number of anilines is 2. The Kier molecular flexibility index (Phi) is 4.48. The summed E-state index contributed by atoms with van der Waals surface area (Å²) in [6, 6.07) is 18.1. The molecule has 1 aliphatic heterocycles. The molecular formula is C20H15FN2O4S. The van der Waals surface area contributed by atoms with Crippen LogP contribution in [0, 0.1) is 5.82 Å². The van der Waals surface area contributed by atoms with Crippen LogP contribution in [0.2, 0.25) is 0 Å². The molecule has 6 nitrogen and oxygen atoms in total. The van der Waals surface area contributed by atoms with E-state index in [-0.39, 0.29) is 16.5 Å². The van der Waals surface area contributed by atoms with Crippen molar-refractivity contribution in [2.45, 2.75) is 11.0 Å². The third-order valence-electron chi connectivity index (χ3n) is 4.20. The molecule has 0 aliphatic carbocycles. The molecule has 0 spiro atoms. The van der Waals surface area contributed by atoms with Gasteiger partial charge < -0.3 is 10.1 Å². The number of rotatable bonds is 4. The van der Waals surface area contributed by atoms with Crippen LogP contribution >= 0.6 is 0 Å². The lowest BCUT2D eigenvalue weighted by Crippen LogP contribution is -2.30. The van der Waals surface area contributed by atoms with Gasteiger partial charge in [-0.1, -0.05) is 30.3 Å². The molecule has 4 rings (SSSR count). The fraction of sp³-hybridized carbons (Fsp3) is 0.0500. The second kappa shape index (κ2) is 6.97. The Labute approximate surface area is 161 Å². The lowest BCUT2D eigenvalue weighted by atomic mass is 10.1. The van der Waals surface area contributed by atoms with Crippen LogP contribution in [0.5, 0.6) is 5.75 Å². The maximum atomic E-state index is 13.0. The number of fused-ring (bicyclic) bond motifs is 1. The van der Waals surface area contributed by atoms with Gasteiger partial charge in [0.25, 0.3) is 15.9 Å². The van der Waals surface area contributed by atoms with Crippen LogP contribution in [-0.2, 0) is 14.8 Å². The van der Waals surface area contributed by atoms with Gasteiger partial charge in [0.15, 0.2) is 0 Å². The standard InChI is InChI=1S/C20H15FN2O4S/c21-14-6-9-16(10-7-14)28(25,26)23-15-8-11-18-17(12-15)22-20(24)19(27-18)13-4-2-1-3-5-13/h1-12,19,23H,(H,22,24). The highest BCUT2D eigenvalue weighted by Gasteiger charge is 2.29. The van der Waals surface area contributed by atoms with Gasteiger partial charge in [0.2, 0.25) is 6.10 Å². The molecule has 0 saturated heterocycles. The summed E-state index contributed by atoms with van der Waals surface area (Å²) < 4.78 is 46.1. The van der Waals surface area contributed by atoms with E-state index < -0.39 is 21.9 Å². The summed E-state index contributed by atoms with van der Waals surface area (Å²) in [6.07, 6.45) is -0.782. The van der Waals surface area contributed by atoms with E-state index in [1.807, 2.05) is 18.2 Å². The van der Waals surface area contributed by atoms with Crippen LogP contribution in [0.3, 0.4) is 0 Å². The normalized spacial score (nSPS) is 15.9. The first-order valence-corrected chi connectivity index (χ1v) is 9.86. The molecule has 1 atom stereocenters. The number of hydrogen-bond acceptors (Lipinski definition) is 4. The molecule has 8 heteroatoms. The number of sulfonamides is 1. The zero-order valence-electron chi connectivity index (χ0n) is 14.4. The number of nitrogens with one attached hydrogen (secondary N) is 2. The van der Waals surface area contributed by atoms with E-state index in [1.165, 1.54) is 24.3 Å². The Bertz CT molecular complexity index is 1130. The molecule has 1 heterocycles. The van der Waals surface area contributed by atoms with Crippen LogP contribution in [-0.4, -0.2) is 14.3 Å². The third kappa shape index (κ3) is 3.54. The van der Waals surface area contributed by atoms with Crippen LogP contribution < -0.4 is 14.8 Å². The molecule has 2 N–H and O–H groups in total. The lowest BCUT2D eigenvalue weighted by molar-refractivity contribution is -0.123. The van der Waals surface area contributed by atoms with Crippen LogP contribution in [0.15, 0.2) is 77.7 Å². The average Bonchev–Trinajstić information content (AvgIpc) is 2.68. The Balaban J connectivity index is 1.58. The van der Waals surface area contributed by atoms with Gasteiger partial charge in [0.05, 0.1) is 16.3 Å². The average molecular weight is 398 g/mol. The van der Waals surface area contributed by atoms with Crippen molar-refractivity contribution >= 4 is 27.3 Å². The first kappa shape index (κ1) is 18.0. The largest absolute Gasteiger partial charge is 0.474 e. The van der Waals surface area contributed by atoms with Gasteiger partial charge in [0.1, 0.15) is 11.6 Å². The highest BCUT2D eigenvalue weighted by molar-refractivity contribution is 7.92. The third-order valence-corrected chi connectivity index (χ3v) is 5.60. The molecule has 0 saturated carbocycles. The van der Waals surface area contributed by atoms with E-state index in [9.17, 15) is 17.6 Å². The summed E-state index contributed by atoms with van der Waals surface area (Å²) in [7, 11) is -3.89. The van der Waals surface area contributed by atoms with Crippen molar-refractivity contribution in [3.63, 3.8) is 0 Å². The molecule has 1 amide bonds. The Hall–Kier alpha value is -3.39. The molecular weight excluding hydrogens is 383 g/mol. The lowest BCUT2D eigenvalue weighted by Gasteiger charge is -2.26. The highest BCUT2D eigenvalue weighted by atomic mass is 32.2. The van der Waals surface area contributed by atoms with Crippen molar-refractivity contribution < 1.29 is 22.3 Å². The first-order valence-electron chi connectivity index (χ1n) is 8.37. The van der Waals surface area contributed by atoms with Gasteiger partial charge in [-0.2, -0.15) is 0 Å². The quantitative estimate of drug-likeness (QED) is 0.702. The van der Waals surface area contributed by atoms with Gasteiger partial charge in [-0.15, -0.1) is 0 Å². The van der Waals surface area contributed by atoms with Crippen molar-refractivity contribution in [3.05, 3.63) is 84.2 Å². The molecule has 0 aromatic heterocycles. The Morgan fingerprint density at radius 1 is 0.964 bits per heavy atom. The molecule has 0 fully saturated rings. The van der Waals surface area contributed by atoms with Crippen molar-refractivity contribution in [2.24, 2.45) is 0 Å². The van der Waals surface area contributed by atoms with Gasteiger partial charge in [-0.3, -0.25) is 9.52 Å². The Morgan fingerprint density at radius 2 is 1.68 bits per heavy atom. The fourth-order valence-corrected chi connectivity index (χ4v) is 3.90. The van der Waals surface area contributed by atoms with Crippen LogP contribution in [0.25, 0.3) is 0 Å². The van der Waals surface area contributed by atoms with Crippen molar-refractivity contribution in [1.29, 1.82) is 0 Å². The van der Waals surface area contributed by atoms with Crippen molar-refractivity contribution in [3.8, 4) is 5.75 Å². The molecule has 0 radical (unpaired) electrons. The molecule has 3 aromatic carbocycles. The highest BCUT2D eigenvalue weighted by Crippen LogP contribution is 2.37. The SMILES string of the molecule is O=C1Nc2cc(NS(=O)(=O)c3ccc(F)cc3)ccc2OC1c1ccccc1. The predicted molar refractivity (Wildman–Crippen MR) is 102 cm³/mol. The summed E-state index contributed by atoms with van der Waals surface area (Å²) in [5.41, 5.74) is 1.31. The monoisotopic (exact) mass is 398 g/mol. The number of hydrogen-bond donors (Lipinski definition) is 2. The summed E-state index contributed by atoms with van der Waals surface area (Å²) in [4.78, 5) is 12.3. The van der Waals surface area contributed by atoms with E-state index in [2.05, 4.69) is 10.0 Å². The summed E-state index contributed by atoms with van der Waals surface area (Å²) in [5.74, 6) is -0.448. The van der Waals surface area contributed by atoms with Crippen LogP contribution in [0.4, 0.5) is 15.8 Å². The van der Waals surface area contributed by atoms with Gasteiger partial charge >= 0.3 is 0 Å². The zero-order chi connectivity index (χ0) is 19.7. The predicted octanol–water partition coefficient (Wildman–Crippen LogP) is 3.70. The molecule has 0 bridgehead atoms. The van der Waals surface area contributed by atoms with Crippen molar-refractivity contribution in [1.82, 2.24) is 0 Å². The minimum absolute atomic E-state index is 0.0731. The van der Waals surface area contributed by atoms with E-state index in [0.717, 1.165) is 12.1 Å². The second-order valence-corrected chi connectivity index (χ2v) is 7.85. The van der Waals surface area contributed by atoms with Crippen LogP contribution in [0.1, 0.15) is 11.7 Å². The maximum Gasteiger partial charge on any atom is 0.270 e. The minimum Gasteiger partial charge on any atom is -0.474 e. The van der Waals surface area contributed by atoms with E-state index in [0.29, 0.717) is 17.0 Å². The number of carbonyl (C=O) groups excluding carboxylic acids is 1. The first-order chi connectivity index (χ1) is 13.4. The van der Waals surface area contributed by atoms with E-state index in [4.69, 9.17) is 4.74 Å². The summed E-state index contributed by atoms with van der Waals surface area (Å²) >= 11 is 0. The zero-order valence-corrected chi connectivity index (χ0v) is 15.2. The fourth-order valence-electron chi connectivity index (χ4n) is 2.85. The van der Waals surface area contributed by atoms with E-state index >= 15 is 0 Å². The molecule has 3 aromatic rings. The van der Waals surface area contributed by atoms with Gasteiger partial charge in [0, 0.05) is 5.56 Å². The molecule has 1 aliphatic rings. The minimum atomic E-state index is -3.89. The summed E-state index contributed by atoms with van der Waals surface area (Å²) in [5, 5.41) is 2.73.